The number of methoxy groups -OCH3 is 1. The van der Waals surface area contributed by atoms with Crippen molar-refractivity contribution < 1.29 is 22.7 Å². The number of nitrogens with one attached hydrogen (secondary N) is 1. The molecule has 0 radical (unpaired) electrons. The Morgan fingerprint density at radius 2 is 2.05 bits per heavy atom. The molecule has 7 nitrogen and oxygen atoms in total. The van der Waals surface area contributed by atoms with Crippen LogP contribution in [0.25, 0.3) is 0 Å². The standard InChI is InChI=1S/C13H22N2O5S/c1-20-13(17)11-4-2-3-6-15(11)8-12(16)14-10-5-7-21(18,19)9-10/h10-11H,2-9H2,1H3,(H,14,16)/t10?,11-/m1/s1. The molecule has 2 saturated heterocycles. The molecule has 2 aliphatic rings. The number of amides is 1. The van der Waals surface area contributed by atoms with Crippen LogP contribution >= 0.6 is 0 Å². The number of sulfone groups is 1. The number of hydrogen-bond donors (Lipinski definition) is 1. The van der Waals surface area contributed by atoms with E-state index < -0.39 is 9.84 Å². The average molecular weight is 318 g/mol. The molecule has 0 aromatic rings. The summed E-state index contributed by atoms with van der Waals surface area (Å²) >= 11 is 0. The zero-order valence-electron chi connectivity index (χ0n) is 12.2. The minimum atomic E-state index is -3.00. The molecule has 2 atom stereocenters. The number of likely N-dealkylation sites (tertiary alicyclic amines) is 1. The van der Waals surface area contributed by atoms with Crippen LogP contribution in [-0.2, 0) is 24.2 Å². The van der Waals surface area contributed by atoms with E-state index in [2.05, 4.69) is 5.32 Å². The van der Waals surface area contributed by atoms with Gasteiger partial charge in [0.15, 0.2) is 9.84 Å². The van der Waals surface area contributed by atoms with Gasteiger partial charge in [-0.2, -0.15) is 0 Å². The molecule has 0 saturated carbocycles. The first-order chi connectivity index (χ1) is 9.91. The van der Waals surface area contributed by atoms with Crippen LogP contribution in [0.15, 0.2) is 0 Å². The molecule has 0 aromatic carbocycles. The predicted molar refractivity (Wildman–Crippen MR) is 76.4 cm³/mol. The van der Waals surface area contributed by atoms with Gasteiger partial charge >= 0.3 is 5.97 Å². The molecular formula is C13H22N2O5S. The Hall–Kier alpha value is -1.15. The summed E-state index contributed by atoms with van der Waals surface area (Å²) in [6.07, 6.45) is 3.05. The van der Waals surface area contributed by atoms with Gasteiger partial charge in [-0.15, -0.1) is 0 Å². The van der Waals surface area contributed by atoms with Crippen LogP contribution in [0.2, 0.25) is 0 Å². The number of ether oxygens (including phenoxy) is 1. The van der Waals surface area contributed by atoms with E-state index in [1.54, 1.807) is 0 Å². The number of rotatable bonds is 4. The highest BCUT2D eigenvalue weighted by molar-refractivity contribution is 7.91. The molecule has 2 fully saturated rings. The molecule has 0 bridgehead atoms. The Balaban J connectivity index is 1.87. The lowest BCUT2D eigenvalue weighted by Crippen LogP contribution is -2.50. The van der Waals surface area contributed by atoms with E-state index in [0.717, 1.165) is 12.8 Å². The Morgan fingerprint density at radius 1 is 1.29 bits per heavy atom. The molecule has 0 aromatic heterocycles. The second-order valence-corrected chi connectivity index (χ2v) is 7.90. The van der Waals surface area contributed by atoms with Crippen LogP contribution in [-0.4, -0.2) is 69.0 Å². The quantitative estimate of drug-likeness (QED) is 0.690. The van der Waals surface area contributed by atoms with Crippen LogP contribution in [0.1, 0.15) is 25.7 Å². The molecular weight excluding hydrogens is 296 g/mol. The maximum atomic E-state index is 12.0. The maximum absolute atomic E-state index is 12.0. The van der Waals surface area contributed by atoms with Gasteiger partial charge in [0.2, 0.25) is 5.91 Å². The summed E-state index contributed by atoms with van der Waals surface area (Å²) in [5.41, 5.74) is 0. The zero-order chi connectivity index (χ0) is 15.5. The van der Waals surface area contributed by atoms with Crippen molar-refractivity contribution in [1.82, 2.24) is 10.2 Å². The van der Waals surface area contributed by atoms with Crippen molar-refractivity contribution in [3.05, 3.63) is 0 Å². The van der Waals surface area contributed by atoms with Gasteiger partial charge in [0.1, 0.15) is 6.04 Å². The van der Waals surface area contributed by atoms with Gasteiger partial charge in [-0.25, -0.2) is 8.42 Å². The van der Waals surface area contributed by atoms with Crippen molar-refractivity contribution in [2.45, 2.75) is 37.8 Å². The van der Waals surface area contributed by atoms with Gasteiger partial charge in [-0.3, -0.25) is 14.5 Å². The molecule has 120 valence electrons. The summed E-state index contributed by atoms with van der Waals surface area (Å²) in [5.74, 6) is -0.398. The van der Waals surface area contributed by atoms with Crippen LogP contribution in [0.3, 0.4) is 0 Å². The third kappa shape index (κ3) is 4.41. The molecule has 1 amide bonds. The maximum Gasteiger partial charge on any atom is 0.323 e. The SMILES string of the molecule is COC(=O)[C@H]1CCCCN1CC(=O)NC1CCS(=O)(=O)C1. The molecule has 2 heterocycles. The normalized spacial score (nSPS) is 29.0. The molecule has 21 heavy (non-hydrogen) atoms. The summed E-state index contributed by atoms with van der Waals surface area (Å²) < 4.78 is 27.5. The van der Waals surface area contributed by atoms with E-state index in [1.165, 1.54) is 7.11 Å². The average Bonchev–Trinajstić information content (AvgIpc) is 2.77. The van der Waals surface area contributed by atoms with E-state index in [0.29, 0.717) is 19.4 Å². The number of nitrogens with zero attached hydrogens (tertiary/aromatic N) is 1. The third-order valence-corrected chi connectivity index (χ3v) is 5.80. The predicted octanol–water partition coefficient (Wildman–Crippen LogP) is -0.683. The fraction of sp³-hybridized carbons (Fsp3) is 0.846. The van der Waals surface area contributed by atoms with E-state index in [1.807, 2.05) is 4.90 Å². The summed E-state index contributed by atoms with van der Waals surface area (Å²) in [6, 6.07) is -0.675. The van der Waals surface area contributed by atoms with Gasteiger partial charge in [-0.1, -0.05) is 6.42 Å². The fourth-order valence-corrected chi connectivity index (χ4v) is 4.62. The van der Waals surface area contributed by atoms with Crippen molar-refractivity contribution in [3.8, 4) is 0 Å². The first kappa shape index (κ1) is 16.2. The van der Waals surface area contributed by atoms with E-state index >= 15 is 0 Å². The van der Waals surface area contributed by atoms with Crippen LogP contribution in [0, 0.1) is 0 Å². The highest BCUT2D eigenvalue weighted by Crippen LogP contribution is 2.18. The second-order valence-electron chi connectivity index (χ2n) is 5.67. The van der Waals surface area contributed by atoms with Crippen molar-refractivity contribution in [3.63, 3.8) is 0 Å². The van der Waals surface area contributed by atoms with Crippen molar-refractivity contribution in [1.29, 1.82) is 0 Å². The minimum absolute atomic E-state index is 0.0131. The topological polar surface area (TPSA) is 92.8 Å². The summed E-state index contributed by atoms with van der Waals surface area (Å²) in [4.78, 5) is 25.6. The van der Waals surface area contributed by atoms with Gasteiger partial charge < -0.3 is 10.1 Å². The van der Waals surface area contributed by atoms with Crippen LogP contribution in [0.4, 0.5) is 0 Å². The highest BCUT2D eigenvalue weighted by atomic mass is 32.2. The summed E-state index contributed by atoms with van der Waals surface area (Å²) in [6.45, 7) is 0.784. The van der Waals surface area contributed by atoms with Crippen LogP contribution < -0.4 is 5.32 Å². The van der Waals surface area contributed by atoms with E-state index in [9.17, 15) is 18.0 Å². The molecule has 2 aliphatic heterocycles. The van der Waals surface area contributed by atoms with Crippen molar-refractivity contribution in [2.24, 2.45) is 0 Å². The van der Waals surface area contributed by atoms with Gasteiger partial charge in [0.25, 0.3) is 0 Å². The molecule has 1 unspecified atom stereocenters. The Kier molecular flexibility index (Phi) is 5.21. The molecule has 8 heteroatoms. The van der Waals surface area contributed by atoms with Gasteiger partial charge in [0.05, 0.1) is 25.2 Å². The lowest BCUT2D eigenvalue weighted by Gasteiger charge is -2.33. The first-order valence-corrected chi connectivity index (χ1v) is 9.05. The van der Waals surface area contributed by atoms with E-state index in [-0.39, 0.29) is 42.0 Å². The molecule has 0 spiro atoms. The number of hydrogen-bond acceptors (Lipinski definition) is 6. The van der Waals surface area contributed by atoms with Crippen molar-refractivity contribution in [2.75, 3.05) is 31.7 Å². The van der Waals surface area contributed by atoms with Gasteiger partial charge in [0, 0.05) is 6.04 Å². The second kappa shape index (κ2) is 6.74. The Labute approximate surface area is 124 Å². The fourth-order valence-electron chi connectivity index (χ4n) is 2.95. The van der Waals surface area contributed by atoms with Gasteiger partial charge in [-0.05, 0) is 25.8 Å². The zero-order valence-corrected chi connectivity index (χ0v) is 13.0. The Bertz CT molecular complexity index is 505. The number of carbonyl (C=O) groups excluding carboxylic acids is 2. The monoisotopic (exact) mass is 318 g/mol. The Morgan fingerprint density at radius 3 is 2.67 bits per heavy atom. The lowest BCUT2D eigenvalue weighted by atomic mass is 10.0. The summed E-state index contributed by atoms with van der Waals surface area (Å²) in [7, 11) is -1.66. The smallest absolute Gasteiger partial charge is 0.323 e. The first-order valence-electron chi connectivity index (χ1n) is 7.23. The molecule has 2 rings (SSSR count). The van der Waals surface area contributed by atoms with Crippen LogP contribution in [0.5, 0.6) is 0 Å². The molecule has 0 aliphatic carbocycles. The number of piperidine rings is 1. The minimum Gasteiger partial charge on any atom is -0.468 e. The lowest BCUT2D eigenvalue weighted by molar-refractivity contribution is -0.148. The third-order valence-electron chi connectivity index (χ3n) is 4.03. The highest BCUT2D eigenvalue weighted by Gasteiger charge is 2.33. The number of esters is 1. The van der Waals surface area contributed by atoms with E-state index in [4.69, 9.17) is 4.74 Å². The number of carbonyl (C=O) groups is 2. The van der Waals surface area contributed by atoms with Crippen molar-refractivity contribution >= 4 is 21.7 Å². The largest absolute Gasteiger partial charge is 0.468 e. The molecule has 1 N–H and O–H groups in total. The summed E-state index contributed by atoms with van der Waals surface area (Å²) in [5, 5.41) is 2.75.